The van der Waals surface area contributed by atoms with Crippen LogP contribution in [0.2, 0.25) is 0 Å². The number of methoxy groups -OCH3 is 1. The number of hydrogen-bond donors (Lipinski definition) is 1. The Balaban J connectivity index is 1.95. The van der Waals surface area contributed by atoms with Crippen LogP contribution in [0, 0.1) is 0 Å². The second-order valence-electron chi connectivity index (χ2n) is 5.17. The van der Waals surface area contributed by atoms with Crippen LogP contribution >= 0.6 is 0 Å². The van der Waals surface area contributed by atoms with Crippen molar-refractivity contribution >= 4 is 11.6 Å². The SMILES string of the molecule is COc1ccc(-c2cn3ccc(NC(C)C)nc3n2)cc1. The van der Waals surface area contributed by atoms with E-state index in [-0.39, 0.29) is 0 Å². The monoisotopic (exact) mass is 282 g/mol. The Labute approximate surface area is 123 Å². The van der Waals surface area contributed by atoms with E-state index in [1.807, 2.05) is 47.1 Å². The molecule has 3 aromatic rings. The lowest BCUT2D eigenvalue weighted by atomic mass is 10.2. The zero-order valence-corrected chi connectivity index (χ0v) is 12.4. The molecule has 0 unspecified atom stereocenters. The van der Waals surface area contributed by atoms with Gasteiger partial charge in [0, 0.05) is 24.0 Å². The second-order valence-corrected chi connectivity index (χ2v) is 5.17. The van der Waals surface area contributed by atoms with Crippen molar-refractivity contribution in [3.8, 4) is 17.0 Å². The topological polar surface area (TPSA) is 51.5 Å². The minimum Gasteiger partial charge on any atom is -0.497 e. The average Bonchev–Trinajstić information content (AvgIpc) is 2.90. The quantitative estimate of drug-likeness (QED) is 0.798. The molecule has 0 amide bonds. The van der Waals surface area contributed by atoms with Crippen molar-refractivity contribution in [2.24, 2.45) is 0 Å². The highest BCUT2D eigenvalue weighted by Gasteiger charge is 2.07. The first-order valence-corrected chi connectivity index (χ1v) is 6.92. The van der Waals surface area contributed by atoms with Crippen LogP contribution in [0.4, 0.5) is 5.82 Å². The minimum absolute atomic E-state index is 0.343. The van der Waals surface area contributed by atoms with E-state index in [4.69, 9.17) is 4.74 Å². The van der Waals surface area contributed by atoms with Crippen molar-refractivity contribution in [2.75, 3.05) is 12.4 Å². The molecule has 2 aromatic heterocycles. The molecule has 0 aliphatic carbocycles. The molecule has 0 bridgehead atoms. The summed E-state index contributed by atoms with van der Waals surface area (Å²) in [7, 11) is 1.66. The van der Waals surface area contributed by atoms with Gasteiger partial charge in [-0.05, 0) is 44.2 Å². The molecule has 3 rings (SSSR count). The number of benzene rings is 1. The number of hydrogen-bond acceptors (Lipinski definition) is 4. The van der Waals surface area contributed by atoms with Crippen molar-refractivity contribution in [3.63, 3.8) is 0 Å². The Kier molecular flexibility index (Phi) is 3.48. The summed E-state index contributed by atoms with van der Waals surface area (Å²) in [6.45, 7) is 4.17. The molecule has 0 aliphatic rings. The number of nitrogens with one attached hydrogen (secondary N) is 1. The van der Waals surface area contributed by atoms with Gasteiger partial charge in [0.25, 0.3) is 0 Å². The maximum absolute atomic E-state index is 5.17. The summed E-state index contributed by atoms with van der Waals surface area (Å²) in [4.78, 5) is 9.09. The number of ether oxygens (including phenoxy) is 1. The summed E-state index contributed by atoms with van der Waals surface area (Å²) in [5, 5.41) is 3.28. The number of fused-ring (bicyclic) bond motifs is 1. The number of aromatic nitrogens is 3. The smallest absolute Gasteiger partial charge is 0.236 e. The van der Waals surface area contributed by atoms with Crippen LogP contribution in [-0.2, 0) is 0 Å². The lowest BCUT2D eigenvalue weighted by Gasteiger charge is -2.07. The highest BCUT2D eigenvalue weighted by atomic mass is 16.5. The molecule has 1 aromatic carbocycles. The normalized spacial score (nSPS) is 11.0. The number of imidazole rings is 1. The van der Waals surface area contributed by atoms with Gasteiger partial charge in [0.2, 0.25) is 5.78 Å². The van der Waals surface area contributed by atoms with Gasteiger partial charge in [0.1, 0.15) is 11.6 Å². The van der Waals surface area contributed by atoms with Gasteiger partial charge in [-0.3, -0.25) is 4.40 Å². The van der Waals surface area contributed by atoms with Crippen LogP contribution in [0.15, 0.2) is 42.7 Å². The zero-order chi connectivity index (χ0) is 14.8. The molecule has 0 radical (unpaired) electrons. The largest absolute Gasteiger partial charge is 0.497 e. The van der Waals surface area contributed by atoms with E-state index in [2.05, 4.69) is 29.1 Å². The Morgan fingerprint density at radius 3 is 2.52 bits per heavy atom. The van der Waals surface area contributed by atoms with Crippen LogP contribution in [0.3, 0.4) is 0 Å². The predicted molar refractivity (Wildman–Crippen MR) is 83.7 cm³/mol. The predicted octanol–water partition coefficient (Wildman–Crippen LogP) is 3.23. The van der Waals surface area contributed by atoms with Crippen molar-refractivity contribution in [3.05, 3.63) is 42.7 Å². The summed E-state index contributed by atoms with van der Waals surface area (Å²) in [6, 6.07) is 10.1. The van der Waals surface area contributed by atoms with Crippen LogP contribution in [0.1, 0.15) is 13.8 Å². The van der Waals surface area contributed by atoms with Gasteiger partial charge < -0.3 is 10.1 Å². The molecule has 1 N–H and O–H groups in total. The van der Waals surface area contributed by atoms with E-state index in [1.54, 1.807) is 7.11 Å². The van der Waals surface area contributed by atoms with Crippen LogP contribution in [0.25, 0.3) is 17.0 Å². The first kappa shape index (κ1) is 13.4. The lowest BCUT2D eigenvalue weighted by Crippen LogP contribution is -2.11. The first-order valence-electron chi connectivity index (χ1n) is 6.92. The summed E-state index contributed by atoms with van der Waals surface area (Å²) < 4.78 is 7.09. The molecule has 5 nitrogen and oxygen atoms in total. The van der Waals surface area contributed by atoms with Crippen molar-refractivity contribution in [2.45, 2.75) is 19.9 Å². The average molecular weight is 282 g/mol. The van der Waals surface area contributed by atoms with Gasteiger partial charge >= 0.3 is 0 Å². The van der Waals surface area contributed by atoms with Gasteiger partial charge in [0.15, 0.2) is 0 Å². The number of rotatable bonds is 4. The van der Waals surface area contributed by atoms with Gasteiger partial charge in [-0.2, -0.15) is 4.98 Å². The van der Waals surface area contributed by atoms with Gasteiger partial charge in [-0.15, -0.1) is 0 Å². The fraction of sp³-hybridized carbons (Fsp3) is 0.250. The Morgan fingerprint density at radius 2 is 1.86 bits per heavy atom. The summed E-state index contributed by atoms with van der Waals surface area (Å²) in [5.74, 6) is 2.36. The van der Waals surface area contributed by atoms with Crippen molar-refractivity contribution in [1.82, 2.24) is 14.4 Å². The third-order valence-corrected chi connectivity index (χ3v) is 3.15. The van der Waals surface area contributed by atoms with Gasteiger partial charge in [-0.1, -0.05) is 0 Å². The summed E-state index contributed by atoms with van der Waals surface area (Å²) in [5.41, 5.74) is 1.94. The maximum Gasteiger partial charge on any atom is 0.236 e. The third-order valence-electron chi connectivity index (χ3n) is 3.15. The van der Waals surface area contributed by atoms with E-state index >= 15 is 0 Å². The fourth-order valence-corrected chi connectivity index (χ4v) is 2.15. The van der Waals surface area contributed by atoms with Crippen LogP contribution in [0.5, 0.6) is 5.75 Å². The number of nitrogens with zero attached hydrogens (tertiary/aromatic N) is 3. The Morgan fingerprint density at radius 1 is 1.10 bits per heavy atom. The molecular weight excluding hydrogens is 264 g/mol. The maximum atomic E-state index is 5.17. The molecule has 21 heavy (non-hydrogen) atoms. The summed E-state index contributed by atoms with van der Waals surface area (Å²) >= 11 is 0. The van der Waals surface area contributed by atoms with Crippen LogP contribution < -0.4 is 10.1 Å². The fourth-order valence-electron chi connectivity index (χ4n) is 2.15. The number of anilines is 1. The molecule has 0 aliphatic heterocycles. The van der Waals surface area contributed by atoms with E-state index in [0.29, 0.717) is 11.8 Å². The molecule has 108 valence electrons. The molecule has 2 heterocycles. The Hall–Kier alpha value is -2.56. The molecule has 0 fully saturated rings. The standard InChI is InChI=1S/C16H18N4O/c1-11(2)17-15-8-9-20-10-14(18-16(20)19-15)12-4-6-13(21-3)7-5-12/h4-11H,1-3H3,(H,17,18,19). The third kappa shape index (κ3) is 2.81. The highest BCUT2D eigenvalue weighted by Crippen LogP contribution is 2.22. The zero-order valence-electron chi connectivity index (χ0n) is 12.4. The van der Waals surface area contributed by atoms with Gasteiger partial charge in [0.05, 0.1) is 12.8 Å². The lowest BCUT2D eigenvalue weighted by molar-refractivity contribution is 0.415. The van der Waals surface area contributed by atoms with Crippen molar-refractivity contribution in [1.29, 1.82) is 0 Å². The molecule has 0 spiro atoms. The van der Waals surface area contributed by atoms with E-state index in [9.17, 15) is 0 Å². The molecule has 0 saturated carbocycles. The van der Waals surface area contributed by atoms with Crippen LogP contribution in [-0.4, -0.2) is 27.5 Å². The Bertz CT molecular complexity index is 747. The highest BCUT2D eigenvalue weighted by molar-refractivity contribution is 5.62. The minimum atomic E-state index is 0.343. The van der Waals surface area contributed by atoms with Crippen molar-refractivity contribution < 1.29 is 4.74 Å². The second kappa shape index (κ2) is 5.44. The van der Waals surface area contributed by atoms with E-state index in [0.717, 1.165) is 22.8 Å². The van der Waals surface area contributed by atoms with E-state index < -0.39 is 0 Å². The van der Waals surface area contributed by atoms with Gasteiger partial charge in [-0.25, -0.2) is 4.98 Å². The molecule has 0 atom stereocenters. The molecule has 0 saturated heterocycles. The molecule has 5 heteroatoms. The van der Waals surface area contributed by atoms with E-state index in [1.165, 1.54) is 0 Å². The summed E-state index contributed by atoms with van der Waals surface area (Å²) in [6.07, 6.45) is 3.94. The molecular formula is C16H18N4O. The first-order chi connectivity index (χ1) is 10.2.